The first kappa shape index (κ1) is 14.7. The summed E-state index contributed by atoms with van der Waals surface area (Å²) in [6.45, 7) is 4.32. The van der Waals surface area contributed by atoms with Gasteiger partial charge in [0, 0.05) is 13.1 Å². The van der Waals surface area contributed by atoms with Gasteiger partial charge in [0.1, 0.15) is 5.82 Å². The third kappa shape index (κ3) is 2.74. The Labute approximate surface area is 128 Å². The number of ether oxygens (including phenoxy) is 1. The van der Waals surface area contributed by atoms with Crippen molar-refractivity contribution in [1.82, 2.24) is 14.7 Å². The van der Waals surface area contributed by atoms with Crippen molar-refractivity contribution in [1.29, 1.82) is 0 Å². The second-order valence-electron chi connectivity index (χ2n) is 5.15. The van der Waals surface area contributed by atoms with Crippen LogP contribution in [0.5, 0.6) is 0 Å². The Morgan fingerprint density at radius 3 is 2.59 bits per heavy atom. The molecule has 1 saturated heterocycles. The molecule has 6 heteroatoms. The molecule has 116 valence electrons. The number of halogens is 1. The predicted molar refractivity (Wildman–Crippen MR) is 79.6 cm³/mol. The number of carbonyl (C=O) groups is 1. The third-order valence-electron chi connectivity index (χ3n) is 3.80. The van der Waals surface area contributed by atoms with Gasteiger partial charge in [0.25, 0.3) is 5.91 Å². The fraction of sp³-hybridized carbons (Fsp3) is 0.375. The lowest BCUT2D eigenvalue weighted by Crippen LogP contribution is -2.40. The van der Waals surface area contributed by atoms with Gasteiger partial charge in [-0.05, 0) is 30.7 Å². The van der Waals surface area contributed by atoms with Crippen LogP contribution in [0.2, 0.25) is 0 Å². The van der Waals surface area contributed by atoms with Crippen LogP contribution in [0.25, 0.3) is 5.69 Å². The molecule has 2 aromatic rings. The summed E-state index contributed by atoms with van der Waals surface area (Å²) in [5.74, 6) is -0.313. The zero-order valence-electron chi connectivity index (χ0n) is 12.5. The molecule has 0 N–H and O–H groups in total. The average Bonchev–Trinajstić information content (AvgIpc) is 2.99. The summed E-state index contributed by atoms with van der Waals surface area (Å²) in [4.78, 5) is 14.4. The smallest absolute Gasteiger partial charge is 0.257 e. The summed E-state index contributed by atoms with van der Waals surface area (Å²) in [6.07, 6.45) is 2.27. The first-order chi connectivity index (χ1) is 10.7. The topological polar surface area (TPSA) is 47.4 Å². The van der Waals surface area contributed by atoms with Crippen LogP contribution in [0.3, 0.4) is 0 Å². The Balaban J connectivity index is 1.93. The van der Waals surface area contributed by atoms with Gasteiger partial charge >= 0.3 is 0 Å². The quantitative estimate of drug-likeness (QED) is 0.872. The molecule has 1 aromatic heterocycles. The Kier molecular flexibility index (Phi) is 4.20. The lowest BCUT2D eigenvalue weighted by molar-refractivity contribution is 0.0302. The standard InChI is InChI=1S/C16H18FN3O2/c1-2-15-14(16(21)19-7-9-22-10-8-19)11-18-20(15)13-5-3-12(17)4-6-13/h3-6,11H,2,7-10H2,1H3. The van der Waals surface area contributed by atoms with E-state index < -0.39 is 0 Å². The predicted octanol–water partition coefficient (Wildman–Crippen LogP) is 2.05. The normalized spacial score (nSPS) is 15.1. The molecule has 22 heavy (non-hydrogen) atoms. The van der Waals surface area contributed by atoms with Crippen molar-refractivity contribution in [3.8, 4) is 5.69 Å². The Morgan fingerprint density at radius 2 is 1.95 bits per heavy atom. The number of morpholine rings is 1. The van der Waals surface area contributed by atoms with Crippen LogP contribution in [-0.4, -0.2) is 46.9 Å². The van der Waals surface area contributed by atoms with Crippen molar-refractivity contribution >= 4 is 5.91 Å². The maximum atomic E-state index is 13.1. The van der Waals surface area contributed by atoms with Gasteiger partial charge in [0.05, 0.1) is 36.4 Å². The van der Waals surface area contributed by atoms with Crippen LogP contribution in [0.15, 0.2) is 30.5 Å². The number of aromatic nitrogens is 2. The first-order valence-corrected chi connectivity index (χ1v) is 7.40. The molecule has 0 spiro atoms. The van der Waals surface area contributed by atoms with Crippen LogP contribution in [0.1, 0.15) is 23.0 Å². The minimum Gasteiger partial charge on any atom is -0.378 e. The molecule has 0 aliphatic carbocycles. The average molecular weight is 303 g/mol. The molecule has 1 amide bonds. The Morgan fingerprint density at radius 1 is 1.27 bits per heavy atom. The number of carbonyl (C=O) groups excluding carboxylic acids is 1. The van der Waals surface area contributed by atoms with E-state index in [9.17, 15) is 9.18 Å². The number of benzene rings is 1. The number of rotatable bonds is 3. The Bertz CT molecular complexity index is 661. The van der Waals surface area contributed by atoms with E-state index >= 15 is 0 Å². The summed E-state index contributed by atoms with van der Waals surface area (Å²) in [5, 5.41) is 4.32. The van der Waals surface area contributed by atoms with Gasteiger partial charge in [-0.1, -0.05) is 6.92 Å². The highest BCUT2D eigenvalue weighted by molar-refractivity contribution is 5.95. The van der Waals surface area contributed by atoms with Crippen LogP contribution in [0.4, 0.5) is 4.39 Å². The Hall–Kier alpha value is -2.21. The van der Waals surface area contributed by atoms with Crippen LogP contribution in [-0.2, 0) is 11.2 Å². The van der Waals surface area contributed by atoms with E-state index in [0.29, 0.717) is 38.3 Å². The number of nitrogens with zero attached hydrogens (tertiary/aromatic N) is 3. The maximum Gasteiger partial charge on any atom is 0.257 e. The van der Waals surface area contributed by atoms with Gasteiger partial charge < -0.3 is 9.64 Å². The van der Waals surface area contributed by atoms with E-state index in [1.54, 1.807) is 27.9 Å². The SMILES string of the molecule is CCc1c(C(=O)N2CCOCC2)cnn1-c1ccc(F)cc1. The number of hydrogen-bond acceptors (Lipinski definition) is 3. The van der Waals surface area contributed by atoms with Crippen molar-refractivity contribution in [3.63, 3.8) is 0 Å². The number of amides is 1. The maximum absolute atomic E-state index is 13.1. The van der Waals surface area contributed by atoms with E-state index in [0.717, 1.165) is 11.4 Å². The van der Waals surface area contributed by atoms with Gasteiger partial charge in [0.15, 0.2) is 0 Å². The van der Waals surface area contributed by atoms with Gasteiger partial charge in [-0.2, -0.15) is 5.10 Å². The minimum atomic E-state index is -0.293. The molecule has 1 aromatic carbocycles. The molecular weight excluding hydrogens is 285 g/mol. The van der Waals surface area contributed by atoms with E-state index in [1.807, 2.05) is 6.92 Å². The van der Waals surface area contributed by atoms with Gasteiger partial charge in [-0.25, -0.2) is 9.07 Å². The van der Waals surface area contributed by atoms with Crippen LogP contribution >= 0.6 is 0 Å². The van der Waals surface area contributed by atoms with E-state index in [2.05, 4.69) is 5.10 Å². The highest BCUT2D eigenvalue weighted by Gasteiger charge is 2.23. The molecule has 1 aliphatic heterocycles. The van der Waals surface area contributed by atoms with Crippen molar-refractivity contribution in [2.75, 3.05) is 26.3 Å². The lowest BCUT2D eigenvalue weighted by atomic mass is 10.1. The molecule has 1 fully saturated rings. The summed E-state index contributed by atoms with van der Waals surface area (Å²) in [5.41, 5.74) is 2.19. The molecule has 5 nitrogen and oxygen atoms in total. The molecule has 2 heterocycles. The zero-order valence-corrected chi connectivity index (χ0v) is 12.5. The zero-order chi connectivity index (χ0) is 15.5. The second-order valence-corrected chi connectivity index (χ2v) is 5.15. The van der Waals surface area contributed by atoms with Crippen molar-refractivity contribution in [2.45, 2.75) is 13.3 Å². The highest BCUT2D eigenvalue weighted by Crippen LogP contribution is 2.18. The highest BCUT2D eigenvalue weighted by atomic mass is 19.1. The summed E-state index contributed by atoms with van der Waals surface area (Å²) in [7, 11) is 0. The largest absolute Gasteiger partial charge is 0.378 e. The molecule has 0 bridgehead atoms. The first-order valence-electron chi connectivity index (χ1n) is 7.40. The fourth-order valence-corrected chi connectivity index (χ4v) is 2.63. The van der Waals surface area contributed by atoms with Crippen molar-refractivity contribution in [2.24, 2.45) is 0 Å². The van der Waals surface area contributed by atoms with E-state index in [4.69, 9.17) is 4.74 Å². The molecule has 0 saturated carbocycles. The molecule has 1 aliphatic rings. The summed E-state index contributed by atoms with van der Waals surface area (Å²) >= 11 is 0. The van der Waals surface area contributed by atoms with Crippen LogP contribution in [0, 0.1) is 5.82 Å². The fourth-order valence-electron chi connectivity index (χ4n) is 2.63. The van der Waals surface area contributed by atoms with E-state index in [-0.39, 0.29) is 11.7 Å². The third-order valence-corrected chi connectivity index (χ3v) is 3.80. The summed E-state index contributed by atoms with van der Waals surface area (Å²) < 4.78 is 20.0. The number of hydrogen-bond donors (Lipinski definition) is 0. The molecule has 0 radical (unpaired) electrons. The lowest BCUT2D eigenvalue weighted by Gasteiger charge is -2.26. The van der Waals surface area contributed by atoms with Crippen molar-refractivity contribution in [3.05, 3.63) is 47.5 Å². The monoisotopic (exact) mass is 303 g/mol. The van der Waals surface area contributed by atoms with Crippen LogP contribution < -0.4 is 0 Å². The van der Waals surface area contributed by atoms with Gasteiger partial charge in [0.2, 0.25) is 0 Å². The van der Waals surface area contributed by atoms with Crippen molar-refractivity contribution < 1.29 is 13.9 Å². The minimum absolute atomic E-state index is 0.0199. The molecular formula is C16H18FN3O2. The summed E-state index contributed by atoms with van der Waals surface area (Å²) in [6, 6.07) is 6.09. The molecule has 3 rings (SSSR count). The second kappa shape index (κ2) is 6.27. The molecule has 0 unspecified atom stereocenters. The van der Waals surface area contributed by atoms with E-state index in [1.165, 1.54) is 12.1 Å². The van der Waals surface area contributed by atoms with Gasteiger partial charge in [-0.15, -0.1) is 0 Å². The van der Waals surface area contributed by atoms with Gasteiger partial charge in [-0.3, -0.25) is 4.79 Å². The molecule has 0 atom stereocenters.